The summed E-state index contributed by atoms with van der Waals surface area (Å²) in [5, 5.41) is 23.5. The topological polar surface area (TPSA) is 105 Å². The first kappa shape index (κ1) is 23.1. The molecule has 0 aromatic rings. The summed E-state index contributed by atoms with van der Waals surface area (Å²) in [5.74, 6) is -1.93. The number of carboxylic acids is 1. The van der Waals surface area contributed by atoms with E-state index in [1.54, 1.807) is 18.7 Å². The Hall–Kier alpha value is -1.55. The molecule has 4 aliphatic heterocycles. The Kier molecular flexibility index (Phi) is 6.86. The summed E-state index contributed by atoms with van der Waals surface area (Å²) < 4.78 is 0. The molecule has 30 heavy (non-hydrogen) atoms. The van der Waals surface area contributed by atoms with Crippen LogP contribution in [0.4, 0.5) is 0 Å². The van der Waals surface area contributed by atoms with Crippen molar-refractivity contribution in [2.45, 2.75) is 50.1 Å². The van der Waals surface area contributed by atoms with Gasteiger partial charge in [-0.1, -0.05) is 6.92 Å². The van der Waals surface area contributed by atoms with Crippen molar-refractivity contribution in [2.75, 3.05) is 20.1 Å². The van der Waals surface area contributed by atoms with Gasteiger partial charge in [0.1, 0.15) is 5.70 Å². The number of aliphatic hydroxyl groups excluding tert-OH is 1. The zero-order chi connectivity index (χ0) is 20.9. The number of likely N-dealkylation sites (N-methyl/N-ethyl adjacent to an activating group) is 1. The fraction of sp³-hybridized carbons (Fsp3) is 0.650. The number of aliphatic hydroxyl groups is 1. The van der Waals surface area contributed by atoms with Crippen molar-refractivity contribution in [3.63, 3.8) is 0 Å². The lowest BCUT2D eigenvalue weighted by Crippen LogP contribution is -2.63. The fourth-order valence-electron chi connectivity index (χ4n) is 4.97. The maximum Gasteiger partial charge on any atom is 0.353 e. The fourth-order valence-corrected chi connectivity index (χ4v) is 6.49. The first-order valence-electron chi connectivity index (χ1n) is 10.1. The van der Waals surface area contributed by atoms with E-state index in [9.17, 15) is 19.8 Å². The number of amides is 1. The first-order chi connectivity index (χ1) is 13.8. The highest BCUT2D eigenvalue weighted by molar-refractivity contribution is 8.03. The van der Waals surface area contributed by atoms with Gasteiger partial charge in [-0.25, -0.2) is 9.79 Å². The Labute approximate surface area is 186 Å². The molecule has 0 radical (unpaired) electrons. The molecule has 0 unspecified atom stereocenters. The van der Waals surface area contributed by atoms with Gasteiger partial charge < -0.3 is 25.3 Å². The van der Waals surface area contributed by atoms with E-state index in [0.717, 1.165) is 30.8 Å². The van der Waals surface area contributed by atoms with Gasteiger partial charge in [0, 0.05) is 48.5 Å². The average molecular weight is 457 g/mol. The van der Waals surface area contributed by atoms with E-state index in [1.165, 1.54) is 10.5 Å². The molecular formula is C20H29ClN4O4S. The molecule has 0 aromatic carbocycles. The van der Waals surface area contributed by atoms with E-state index in [1.807, 2.05) is 26.5 Å². The molecule has 10 heteroatoms. The summed E-state index contributed by atoms with van der Waals surface area (Å²) in [7, 11) is 2.00. The molecule has 0 saturated carbocycles. The number of nitrogens with one attached hydrogen (secondary N) is 1. The maximum atomic E-state index is 12.5. The quantitative estimate of drug-likeness (QED) is 0.517. The summed E-state index contributed by atoms with van der Waals surface area (Å²) in [4.78, 5) is 32.9. The van der Waals surface area contributed by atoms with Crippen molar-refractivity contribution in [3.8, 4) is 0 Å². The number of carbonyl (C=O) groups excluding carboxylic acids is 1. The summed E-state index contributed by atoms with van der Waals surface area (Å²) in [6, 6.07) is 0.0944. The monoisotopic (exact) mass is 456 g/mol. The minimum Gasteiger partial charge on any atom is -0.477 e. The van der Waals surface area contributed by atoms with E-state index in [0.29, 0.717) is 6.04 Å². The van der Waals surface area contributed by atoms with Crippen molar-refractivity contribution >= 4 is 42.4 Å². The molecule has 166 valence electrons. The van der Waals surface area contributed by atoms with Gasteiger partial charge in [-0.3, -0.25) is 4.79 Å². The number of hydrogen-bond donors (Lipinski definition) is 3. The molecule has 0 spiro atoms. The van der Waals surface area contributed by atoms with E-state index in [4.69, 9.17) is 0 Å². The summed E-state index contributed by atoms with van der Waals surface area (Å²) >= 11 is 1.59. The lowest BCUT2D eigenvalue weighted by atomic mass is 9.79. The third-order valence-corrected chi connectivity index (χ3v) is 7.78. The molecule has 1 amide bonds. The van der Waals surface area contributed by atoms with Gasteiger partial charge in [-0.15, -0.1) is 24.2 Å². The standard InChI is InChI=1S/C20H28N4O4S.ClH/c1-10-16-15(11(2)25)19(26)24(16)17(20(27)28)18(10)29-14-5-13(22-7-14)4-12-6-21-9-23(3)8-12;/h6,9-11,13-16,22,25H,4-5,7-8H2,1-3H3,(H,27,28);1H/t10-,11-,13+,14+,15-,16-;/m1./s1. The van der Waals surface area contributed by atoms with E-state index < -0.39 is 18.0 Å². The second-order valence-corrected chi connectivity index (χ2v) is 9.87. The van der Waals surface area contributed by atoms with E-state index in [2.05, 4.69) is 15.2 Å². The van der Waals surface area contributed by atoms with Crippen LogP contribution in [-0.4, -0.2) is 81.8 Å². The van der Waals surface area contributed by atoms with Crippen LogP contribution in [0.25, 0.3) is 0 Å². The van der Waals surface area contributed by atoms with Crippen molar-refractivity contribution in [1.82, 2.24) is 15.1 Å². The Morgan fingerprint density at radius 2 is 2.20 bits per heavy atom. The maximum absolute atomic E-state index is 12.5. The number of thioether (sulfide) groups is 1. The number of nitrogens with zero attached hydrogens (tertiary/aromatic N) is 3. The third-order valence-electron chi connectivity index (χ3n) is 6.27. The van der Waals surface area contributed by atoms with Crippen molar-refractivity contribution < 1.29 is 19.8 Å². The number of carbonyl (C=O) groups is 2. The number of aliphatic imine (C=N–C) groups is 1. The predicted molar refractivity (Wildman–Crippen MR) is 118 cm³/mol. The van der Waals surface area contributed by atoms with Crippen LogP contribution in [0, 0.1) is 11.8 Å². The lowest BCUT2D eigenvalue weighted by Gasteiger charge is -2.46. The van der Waals surface area contributed by atoms with Crippen LogP contribution >= 0.6 is 24.2 Å². The number of rotatable bonds is 6. The number of hydrogen-bond acceptors (Lipinski definition) is 7. The van der Waals surface area contributed by atoms with Crippen LogP contribution < -0.4 is 5.32 Å². The SMILES string of the molecule is C[C@@H](O)[C@H]1C(=O)N2C(C(=O)O)=C(S[C@@H]3CN[C@@H](CC4=CN=CN(C)C4)C3)[C@H](C)[C@H]12.Cl. The number of fused-ring (bicyclic) bond motifs is 1. The number of aliphatic carboxylic acids is 1. The van der Waals surface area contributed by atoms with Crippen molar-refractivity contribution in [3.05, 3.63) is 22.4 Å². The van der Waals surface area contributed by atoms with Crippen LogP contribution in [0.5, 0.6) is 0 Å². The molecule has 0 aromatic heterocycles. The minimum atomic E-state index is -1.06. The highest BCUT2D eigenvalue weighted by Crippen LogP contribution is 2.51. The summed E-state index contributed by atoms with van der Waals surface area (Å²) in [6.45, 7) is 5.26. The summed E-state index contributed by atoms with van der Waals surface area (Å²) in [6.07, 6.45) is 4.84. The van der Waals surface area contributed by atoms with Crippen molar-refractivity contribution in [1.29, 1.82) is 0 Å². The second kappa shape index (κ2) is 8.90. The largest absolute Gasteiger partial charge is 0.477 e. The molecule has 4 rings (SSSR count). The lowest BCUT2D eigenvalue weighted by molar-refractivity contribution is -0.163. The summed E-state index contributed by atoms with van der Waals surface area (Å²) in [5.41, 5.74) is 1.40. The highest BCUT2D eigenvalue weighted by atomic mass is 35.5. The Balaban J connectivity index is 0.00000256. The first-order valence-corrected chi connectivity index (χ1v) is 11.0. The molecule has 8 nitrogen and oxygen atoms in total. The number of carboxylic acid groups (broad SMARTS) is 1. The molecular weight excluding hydrogens is 428 g/mol. The molecule has 2 fully saturated rings. The predicted octanol–water partition coefficient (Wildman–Crippen LogP) is 1.27. The Morgan fingerprint density at radius 3 is 2.83 bits per heavy atom. The normalized spacial score (nSPS) is 33.8. The Morgan fingerprint density at radius 1 is 1.47 bits per heavy atom. The minimum absolute atomic E-state index is 0. The van der Waals surface area contributed by atoms with Gasteiger partial charge in [0.25, 0.3) is 0 Å². The van der Waals surface area contributed by atoms with Gasteiger partial charge in [-0.2, -0.15) is 0 Å². The van der Waals surface area contributed by atoms with E-state index >= 15 is 0 Å². The zero-order valence-electron chi connectivity index (χ0n) is 17.3. The second-order valence-electron chi connectivity index (χ2n) is 8.52. The third kappa shape index (κ3) is 4.00. The molecule has 6 atom stereocenters. The van der Waals surface area contributed by atoms with Crippen LogP contribution in [0.3, 0.4) is 0 Å². The Bertz CT molecular complexity index is 815. The number of β-lactam (4-membered cyclic amide) rings is 1. The van der Waals surface area contributed by atoms with Crippen LogP contribution in [0.15, 0.2) is 27.4 Å². The van der Waals surface area contributed by atoms with Gasteiger partial charge in [0.15, 0.2) is 0 Å². The molecule has 4 aliphatic rings. The molecule has 3 N–H and O–H groups in total. The van der Waals surface area contributed by atoms with Gasteiger partial charge in [-0.05, 0) is 25.3 Å². The molecule has 0 bridgehead atoms. The molecule has 4 heterocycles. The highest BCUT2D eigenvalue weighted by Gasteiger charge is 2.60. The smallest absolute Gasteiger partial charge is 0.353 e. The van der Waals surface area contributed by atoms with Crippen LogP contribution in [0.2, 0.25) is 0 Å². The van der Waals surface area contributed by atoms with Gasteiger partial charge >= 0.3 is 5.97 Å². The average Bonchev–Trinajstić information content (AvgIpc) is 3.16. The van der Waals surface area contributed by atoms with Crippen molar-refractivity contribution in [2.24, 2.45) is 16.8 Å². The molecule has 0 aliphatic carbocycles. The van der Waals surface area contributed by atoms with Crippen LogP contribution in [-0.2, 0) is 9.59 Å². The zero-order valence-corrected chi connectivity index (χ0v) is 18.9. The van der Waals surface area contributed by atoms with Gasteiger partial charge in [0.05, 0.1) is 24.4 Å². The van der Waals surface area contributed by atoms with Crippen LogP contribution in [0.1, 0.15) is 26.7 Å². The van der Waals surface area contributed by atoms with E-state index in [-0.39, 0.29) is 41.2 Å². The van der Waals surface area contributed by atoms with Gasteiger partial charge in [0.2, 0.25) is 5.91 Å². The molecule has 2 saturated heterocycles. The number of halogens is 1.